The summed E-state index contributed by atoms with van der Waals surface area (Å²) in [6, 6.07) is 6.15. The molecule has 1 aromatic heterocycles. The van der Waals surface area contributed by atoms with Crippen LogP contribution >= 0.6 is 0 Å². The van der Waals surface area contributed by atoms with Crippen molar-refractivity contribution in [1.29, 1.82) is 0 Å². The molecule has 1 aliphatic rings. The number of aromatic nitrogens is 3. The Morgan fingerprint density at radius 1 is 1.11 bits per heavy atom. The van der Waals surface area contributed by atoms with E-state index in [0.717, 1.165) is 30.2 Å². The van der Waals surface area contributed by atoms with Gasteiger partial charge >= 0.3 is 0 Å². The predicted molar refractivity (Wildman–Crippen MR) is 69.4 cm³/mol. The first-order chi connectivity index (χ1) is 8.88. The molecule has 0 radical (unpaired) electrons. The van der Waals surface area contributed by atoms with Gasteiger partial charge in [0.05, 0.1) is 18.5 Å². The van der Waals surface area contributed by atoms with E-state index in [2.05, 4.69) is 21.2 Å². The van der Waals surface area contributed by atoms with Crippen LogP contribution in [0.4, 0.5) is 5.69 Å². The molecule has 5 heteroatoms. The molecule has 0 saturated carbocycles. The number of rotatable bonds is 3. The summed E-state index contributed by atoms with van der Waals surface area (Å²) in [5.74, 6) is 0.925. The van der Waals surface area contributed by atoms with Gasteiger partial charge < -0.3 is 9.64 Å². The predicted octanol–water partition coefficient (Wildman–Crippen LogP) is 1.88. The van der Waals surface area contributed by atoms with Crippen LogP contribution in [0.1, 0.15) is 12.8 Å². The molecule has 0 N–H and O–H groups in total. The molecule has 3 rings (SSSR count). The third-order valence-corrected chi connectivity index (χ3v) is 3.33. The van der Waals surface area contributed by atoms with Crippen molar-refractivity contribution >= 4 is 5.69 Å². The van der Waals surface area contributed by atoms with E-state index in [1.807, 2.05) is 16.7 Å². The maximum Gasteiger partial charge on any atom is 0.142 e. The van der Waals surface area contributed by atoms with Crippen molar-refractivity contribution in [3.63, 3.8) is 0 Å². The first-order valence-electron chi connectivity index (χ1n) is 6.16. The standard InChI is InChI=1S/C13H16N4O/c1-18-13-5-4-11(17-9-14-15-10-17)8-12(13)16-6-2-3-7-16/h4-5,8-10H,2-3,6-7H2,1H3. The molecular formula is C13H16N4O. The Morgan fingerprint density at radius 2 is 1.83 bits per heavy atom. The fraction of sp³-hybridized carbons (Fsp3) is 0.385. The van der Waals surface area contributed by atoms with Crippen molar-refractivity contribution in [2.24, 2.45) is 0 Å². The van der Waals surface area contributed by atoms with Gasteiger partial charge in [-0.05, 0) is 31.0 Å². The van der Waals surface area contributed by atoms with Gasteiger partial charge in [0.25, 0.3) is 0 Å². The highest BCUT2D eigenvalue weighted by Gasteiger charge is 2.17. The van der Waals surface area contributed by atoms with Crippen LogP contribution in [0.2, 0.25) is 0 Å². The molecule has 1 aromatic carbocycles. The molecule has 1 fully saturated rings. The van der Waals surface area contributed by atoms with Crippen LogP contribution < -0.4 is 9.64 Å². The number of anilines is 1. The van der Waals surface area contributed by atoms with Gasteiger partial charge in [0.2, 0.25) is 0 Å². The second-order valence-corrected chi connectivity index (χ2v) is 4.42. The van der Waals surface area contributed by atoms with Gasteiger partial charge in [0.1, 0.15) is 18.4 Å². The lowest BCUT2D eigenvalue weighted by Crippen LogP contribution is -2.18. The molecule has 0 spiro atoms. The normalized spacial score (nSPS) is 15.1. The SMILES string of the molecule is COc1ccc(-n2cnnc2)cc1N1CCCC1. The van der Waals surface area contributed by atoms with Crippen molar-refractivity contribution in [1.82, 2.24) is 14.8 Å². The van der Waals surface area contributed by atoms with Gasteiger partial charge in [-0.15, -0.1) is 10.2 Å². The molecule has 0 atom stereocenters. The fourth-order valence-corrected chi connectivity index (χ4v) is 2.38. The third-order valence-electron chi connectivity index (χ3n) is 3.33. The van der Waals surface area contributed by atoms with Gasteiger partial charge in [0.15, 0.2) is 0 Å². The Labute approximate surface area is 106 Å². The fourth-order valence-electron chi connectivity index (χ4n) is 2.38. The lowest BCUT2D eigenvalue weighted by atomic mass is 10.2. The summed E-state index contributed by atoms with van der Waals surface area (Å²) in [6.07, 6.45) is 5.91. The zero-order valence-electron chi connectivity index (χ0n) is 10.4. The maximum atomic E-state index is 5.45. The zero-order chi connectivity index (χ0) is 12.4. The number of hydrogen-bond donors (Lipinski definition) is 0. The van der Waals surface area contributed by atoms with Crippen molar-refractivity contribution < 1.29 is 4.74 Å². The van der Waals surface area contributed by atoms with E-state index in [1.165, 1.54) is 12.8 Å². The van der Waals surface area contributed by atoms with Crippen LogP contribution in [-0.4, -0.2) is 35.0 Å². The van der Waals surface area contributed by atoms with Crippen LogP contribution in [0, 0.1) is 0 Å². The molecule has 18 heavy (non-hydrogen) atoms. The molecule has 1 aliphatic heterocycles. The van der Waals surface area contributed by atoms with Crippen molar-refractivity contribution in [3.05, 3.63) is 30.9 Å². The van der Waals surface area contributed by atoms with Crippen LogP contribution in [0.5, 0.6) is 5.75 Å². The van der Waals surface area contributed by atoms with Crippen LogP contribution in [0.15, 0.2) is 30.9 Å². The second kappa shape index (κ2) is 4.68. The summed E-state index contributed by atoms with van der Waals surface area (Å²) < 4.78 is 7.35. The minimum atomic E-state index is 0.925. The highest BCUT2D eigenvalue weighted by atomic mass is 16.5. The largest absolute Gasteiger partial charge is 0.495 e. The summed E-state index contributed by atoms with van der Waals surface area (Å²) in [7, 11) is 1.72. The first-order valence-corrected chi connectivity index (χ1v) is 6.16. The van der Waals surface area contributed by atoms with Gasteiger partial charge in [-0.2, -0.15) is 0 Å². The molecule has 2 heterocycles. The van der Waals surface area contributed by atoms with E-state index in [1.54, 1.807) is 19.8 Å². The lowest BCUT2D eigenvalue weighted by molar-refractivity contribution is 0.415. The van der Waals surface area contributed by atoms with Crippen molar-refractivity contribution in [2.45, 2.75) is 12.8 Å². The molecule has 2 aromatic rings. The summed E-state index contributed by atoms with van der Waals surface area (Å²) >= 11 is 0. The Morgan fingerprint density at radius 3 is 2.50 bits per heavy atom. The summed E-state index contributed by atoms with van der Waals surface area (Å²) in [5, 5.41) is 7.67. The number of ether oxygens (including phenoxy) is 1. The lowest BCUT2D eigenvalue weighted by Gasteiger charge is -2.21. The molecule has 0 amide bonds. The molecule has 94 valence electrons. The Balaban J connectivity index is 2.01. The van der Waals surface area contributed by atoms with Crippen LogP contribution in [0.3, 0.4) is 0 Å². The van der Waals surface area contributed by atoms with Gasteiger partial charge in [0, 0.05) is 13.1 Å². The van der Waals surface area contributed by atoms with Gasteiger partial charge in [-0.1, -0.05) is 0 Å². The first kappa shape index (κ1) is 11.1. The van der Waals surface area contributed by atoms with Crippen molar-refractivity contribution in [2.75, 3.05) is 25.1 Å². The number of nitrogens with zero attached hydrogens (tertiary/aromatic N) is 4. The average molecular weight is 244 g/mol. The number of hydrogen-bond acceptors (Lipinski definition) is 4. The van der Waals surface area contributed by atoms with E-state index >= 15 is 0 Å². The molecular weight excluding hydrogens is 228 g/mol. The van der Waals surface area contributed by atoms with E-state index < -0.39 is 0 Å². The highest BCUT2D eigenvalue weighted by molar-refractivity contribution is 5.63. The molecule has 1 saturated heterocycles. The molecule has 5 nitrogen and oxygen atoms in total. The topological polar surface area (TPSA) is 43.2 Å². The molecule has 0 unspecified atom stereocenters. The van der Waals surface area contributed by atoms with Gasteiger partial charge in [-0.3, -0.25) is 4.57 Å². The average Bonchev–Trinajstić information content (AvgIpc) is 3.11. The van der Waals surface area contributed by atoms with E-state index in [-0.39, 0.29) is 0 Å². The van der Waals surface area contributed by atoms with Crippen molar-refractivity contribution in [3.8, 4) is 11.4 Å². The highest BCUT2D eigenvalue weighted by Crippen LogP contribution is 2.32. The third kappa shape index (κ3) is 1.92. The zero-order valence-corrected chi connectivity index (χ0v) is 10.4. The minimum Gasteiger partial charge on any atom is -0.495 e. The smallest absolute Gasteiger partial charge is 0.142 e. The minimum absolute atomic E-state index is 0.925. The van der Waals surface area contributed by atoms with Gasteiger partial charge in [-0.25, -0.2) is 0 Å². The maximum absolute atomic E-state index is 5.45. The quantitative estimate of drug-likeness (QED) is 0.826. The van der Waals surface area contributed by atoms with E-state index in [9.17, 15) is 0 Å². The Hall–Kier alpha value is -2.04. The molecule has 0 aliphatic carbocycles. The van der Waals surface area contributed by atoms with E-state index in [4.69, 9.17) is 4.74 Å². The Bertz CT molecular complexity index is 518. The summed E-state index contributed by atoms with van der Waals surface area (Å²) in [6.45, 7) is 2.20. The Kier molecular flexibility index (Phi) is 2.88. The van der Waals surface area contributed by atoms with Crippen LogP contribution in [0.25, 0.3) is 5.69 Å². The number of benzene rings is 1. The van der Waals surface area contributed by atoms with Crippen LogP contribution in [-0.2, 0) is 0 Å². The summed E-state index contributed by atoms with van der Waals surface area (Å²) in [5.41, 5.74) is 2.21. The number of methoxy groups -OCH3 is 1. The summed E-state index contributed by atoms with van der Waals surface area (Å²) in [4.78, 5) is 2.37. The molecule has 0 bridgehead atoms. The van der Waals surface area contributed by atoms with E-state index in [0.29, 0.717) is 0 Å². The monoisotopic (exact) mass is 244 g/mol. The second-order valence-electron chi connectivity index (χ2n) is 4.42.